The zero-order chi connectivity index (χ0) is 13.0. The summed E-state index contributed by atoms with van der Waals surface area (Å²) < 4.78 is 2.91. The van der Waals surface area contributed by atoms with Crippen molar-refractivity contribution in [1.82, 2.24) is 9.55 Å². The van der Waals surface area contributed by atoms with Gasteiger partial charge in [-0.3, -0.25) is 4.79 Å². The van der Waals surface area contributed by atoms with Crippen LogP contribution in [0, 0.1) is 0 Å². The fourth-order valence-electron chi connectivity index (χ4n) is 1.46. The lowest BCUT2D eigenvalue weighted by Gasteiger charge is -2.02. The molecular formula is C13H13BrN2OS. The van der Waals surface area contributed by atoms with Crippen molar-refractivity contribution in [2.45, 2.75) is 18.4 Å². The molecule has 0 aliphatic carbocycles. The smallest absolute Gasteiger partial charge is 0.192 e. The van der Waals surface area contributed by atoms with Crippen LogP contribution in [0.2, 0.25) is 0 Å². The number of carbonyl (C=O) groups is 1. The van der Waals surface area contributed by atoms with Gasteiger partial charge >= 0.3 is 0 Å². The van der Waals surface area contributed by atoms with Crippen molar-refractivity contribution < 1.29 is 4.79 Å². The molecule has 1 aromatic carbocycles. The lowest BCUT2D eigenvalue weighted by Crippen LogP contribution is -2.02. The number of hydrogen-bond acceptors (Lipinski definition) is 3. The summed E-state index contributed by atoms with van der Waals surface area (Å²) in [5, 5.41) is 0. The molecular weight excluding hydrogens is 312 g/mol. The molecule has 0 aliphatic rings. The predicted molar refractivity (Wildman–Crippen MR) is 77.1 cm³/mol. The third kappa shape index (κ3) is 3.23. The summed E-state index contributed by atoms with van der Waals surface area (Å²) in [5.41, 5.74) is 0.538. The third-order valence-corrected chi connectivity index (χ3v) is 4.51. The normalized spacial score (nSPS) is 10.6. The Balaban J connectivity index is 1.98. The molecule has 0 spiro atoms. The Morgan fingerprint density at radius 2 is 2.22 bits per heavy atom. The number of Topliss-reactive ketones (excluding diaryl/α,β-unsaturated/α-hetero) is 1. The van der Waals surface area contributed by atoms with Gasteiger partial charge in [0.2, 0.25) is 0 Å². The molecule has 0 radical (unpaired) electrons. The quantitative estimate of drug-likeness (QED) is 0.622. The molecule has 2 aromatic rings. The monoisotopic (exact) mass is 324 g/mol. The highest BCUT2D eigenvalue weighted by Gasteiger charge is 2.10. The second kappa shape index (κ2) is 6.20. The first-order valence-electron chi connectivity index (χ1n) is 5.63. The zero-order valence-electron chi connectivity index (χ0n) is 9.97. The van der Waals surface area contributed by atoms with Gasteiger partial charge in [0.15, 0.2) is 5.78 Å². The molecule has 0 N–H and O–H groups in total. The Labute approximate surface area is 119 Å². The average Bonchev–Trinajstić information content (AvgIpc) is 2.86. The first-order valence-corrected chi connectivity index (χ1v) is 7.41. The maximum Gasteiger partial charge on any atom is 0.192 e. The van der Waals surface area contributed by atoms with E-state index < -0.39 is 0 Å². The third-order valence-electron chi connectivity index (χ3n) is 2.48. The number of imidazole rings is 1. The molecule has 0 fully saturated rings. The van der Waals surface area contributed by atoms with Crippen molar-refractivity contribution >= 4 is 33.5 Å². The molecule has 2 rings (SSSR count). The summed E-state index contributed by atoms with van der Waals surface area (Å²) >= 11 is 4.99. The van der Waals surface area contributed by atoms with Gasteiger partial charge in [0.25, 0.3) is 0 Å². The van der Waals surface area contributed by atoms with E-state index >= 15 is 0 Å². The first kappa shape index (κ1) is 13.4. The number of thioether (sulfide) groups is 1. The van der Waals surface area contributed by atoms with Crippen LogP contribution in [0.25, 0.3) is 0 Å². The van der Waals surface area contributed by atoms with Crippen LogP contribution in [0.4, 0.5) is 0 Å². The van der Waals surface area contributed by atoms with E-state index in [2.05, 4.69) is 20.9 Å². The molecule has 0 amide bonds. The van der Waals surface area contributed by atoms with E-state index in [4.69, 9.17) is 0 Å². The summed E-state index contributed by atoms with van der Waals surface area (Å²) in [7, 11) is 0. The second-order valence-corrected chi connectivity index (χ2v) is 5.60. The lowest BCUT2D eigenvalue weighted by atomic mass is 10.3. The van der Waals surface area contributed by atoms with Gasteiger partial charge in [-0.15, -0.1) is 11.8 Å². The van der Waals surface area contributed by atoms with E-state index in [0.717, 1.165) is 15.9 Å². The number of aryl methyl sites for hydroxylation is 1. The van der Waals surface area contributed by atoms with E-state index in [9.17, 15) is 4.79 Å². The van der Waals surface area contributed by atoms with Crippen LogP contribution in [0.15, 0.2) is 46.2 Å². The summed E-state index contributed by atoms with van der Waals surface area (Å²) in [6.45, 7) is 2.85. The van der Waals surface area contributed by atoms with E-state index in [0.29, 0.717) is 11.4 Å². The highest BCUT2D eigenvalue weighted by atomic mass is 79.9. The van der Waals surface area contributed by atoms with Crippen molar-refractivity contribution in [3.63, 3.8) is 0 Å². The summed E-state index contributed by atoms with van der Waals surface area (Å²) in [6.07, 6.45) is 3.49. The Hall–Kier alpha value is -1.07. The van der Waals surface area contributed by atoms with Crippen molar-refractivity contribution in [1.29, 1.82) is 0 Å². The molecule has 1 aromatic heterocycles. The number of ketones is 1. The largest absolute Gasteiger partial charge is 0.337 e. The predicted octanol–water partition coefficient (Wildman–Crippen LogP) is 3.64. The van der Waals surface area contributed by atoms with Crippen LogP contribution in [-0.2, 0) is 6.54 Å². The number of aromatic nitrogens is 2. The summed E-state index contributed by atoms with van der Waals surface area (Å²) in [5.74, 6) is 0.464. The van der Waals surface area contributed by atoms with Gasteiger partial charge in [-0.1, -0.05) is 12.1 Å². The molecule has 0 bridgehead atoms. The van der Waals surface area contributed by atoms with Crippen molar-refractivity contribution in [3.8, 4) is 0 Å². The zero-order valence-corrected chi connectivity index (χ0v) is 12.4. The number of halogens is 1. The molecule has 0 atom stereocenters. The molecule has 94 valence electrons. The molecule has 5 heteroatoms. The van der Waals surface area contributed by atoms with Gasteiger partial charge < -0.3 is 4.57 Å². The van der Waals surface area contributed by atoms with Gasteiger partial charge in [0, 0.05) is 22.1 Å². The molecule has 0 saturated heterocycles. The Morgan fingerprint density at radius 3 is 2.89 bits per heavy atom. The van der Waals surface area contributed by atoms with Crippen LogP contribution < -0.4 is 0 Å². The van der Waals surface area contributed by atoms with Crippen LogP contribution in [0.1, 0.15) is 17.4 Å². The van der Waals surface area contributed by atoms with Crippen molar-refractivity contribution in [2.24, 2.45) is 0 Å². The highest BCUT2D eigenvalue weighted by molar-refractivity contribution is 9.10. The number of nitrogens with zero attached hydrogens (tertiary/aromatic N) is 2. The maximum absolute atomic E-state index is 11.9. The maximum atomic E-state index is 11.9. The Morgan fingerprint density at radius 1 is 1.44 bits per heavy atom. The average molecular weight is 325 g/mol. The molecule has 3 nitrogen and oxygen atoms in total. The van der Waals surface area contributed by atoms with E-state index in [1.807, 2.05) is 35.8 Å². The van der Waals surface area contributed by atoms with Gasteiger partial charge in [0.1, 0.15) is 5.69 Å². The first-order chi connectivity index (χ1) is 8.70. The minimum absolute atomic E-state index is 0.0583. The van der Waals surface area contributed by atoms with Crippen LogP contribution >= 0.6 is 27.7 Å². The molecule has 1 heterocycles. The van der Waals surface area contributed by atoms with Crippen LogP contribution in [-0.4, -0.2) is 21.1 Å². The van der Waals surface area contributed by atoms with Crippen molar-refractivity contribution in [2.75, 3.05) is 5.75 Å². The number of carbonyl (C=O) groups excluding carboxylic acids is 1. The fraction of sp³-hybridized carbons (Fsp3) is 0.231. The van der Waals surface area contributed by atoms with Crippen molar-refractivity contribution in [3.05, 3.63) is 47.0 Å². The Kier molecular flexibility index (Phi) is 4.60. The van der Waals surface area contributed by atoms with Gasteiger partial charge in [0.05, 0.1) is 12.1 Å². The molecule has 0 saturated carbocycles. The van der Waals surface area contributed by atoms with E-state index in [-0.39, 0.29) is 5.78 Å². The molecule has 18 heavy (non-hydrogen) atoms. The molecule has 0 aliphatic heterocycles. The fourth-order valence-corrected chi connectivity index (χ4v) is 2.90. The van der Waals surface area contributed by atoms with Crippen LogP contribution in [0.5, 0.6) is 0 Å². The van der Waals surface area contributed by atoms with Gasteiger partial charge in [-0.2, -0.15) is 0 Å². The van der Waals surface area contributed by atoms with Gasteiger partial charge in [-0.05, 0) is 35.0 Å². The van der Waals surface area contributed by atoms with Crippen LogP contribution in [0.3, 0.4) is 0 Å². The topological polar surface area (TPSA) is 34.9 Å². The summed E-state index contributed by atoms with van der Waals surface area (Å²) in [6, 6.07) is 7.88. The van der Waals surface area contributed by atoms with E-state index in [1.165, 1.54) is 11.8 Å². The number of hydrogen-bond donors (Lipinski definition) is 0. The number of rotatable bonds is 5. The molecule has 0 unspecified atom stereocenters. The standard InChI is InChI=1S/C13H13BrN2OS/c1-2-16-7-11(15-9-16)12(17)8-18-13-6-4-3-5-10(13)14/h3-7,9H,2,8H2,1H3. The Bertz CT molecular complexity index is 553. The second-order valence-electron chi connectivity index (χ2n) is 3.73. The SMILES string of the molecule is CCn1cnc(C(=O)CSc2ccccc2Br)c1. The number of benzene rings is 1. The van der Waals surface area contributed by atoms with Gasteiger partial charge in [-0.25, -0.2) is 4.98 Å². The highest BCUT2D eigenvalue weighted by Crippen LogP contribution is 2.27. The minimum Gasteiger partial charge on any atom is -0.337 e. The van der Waals surface area contributed by atoms with E-state index in [1.54, 1.807) is 12.5 Å². The lowest BCUT2D eigenvalue weighted by molar-refractivity contribution is 0.101. The summed E-state index contributed by atoms with van der Waals surface area (Å²) in [4.78, 5) is 17.1. The minimum atomic E-state index is 0.0583.